The molecule has 2 saturated heterocycles. The Morgan fingerprint density at radius 3 is 1.75 bits per heavy atom. The highest BCUT2D eigenvalue weighted by Gasteiger charge is 2.28. The highest BCUT2D eigenvalue weighted by molar-refractivity contribution is 6.42. The third-order valence-electron chi connectivity index (χ3n) is 8.58. The number of guanidine groups is 2. The van der Waals surface area contributed by atoms with Gasteiger partial charge in [0.15, 0.2) is 0 Å². The van der Waals surface area contributed by atoms with Crippen LogP contribution >= 0.6 is 46.4 Å². The molecule has 2 aliphatic rings. The fraction of sp³-hybridized carbons (Fsp3) is 0.410. The minimum absolute atomic E-state index is 0.0316. The standard InChI is InChI=1S/C22H29Cl2N7O2.C17H21Cl2N7/c1-13-10-18(27-15-6-5-9-31(12-15)21(32)33-22(2,3)4)29-20(26-13)30-19(25)28-14-7-8-16(23)17(24)11-14;1-10-7-15(23-12-3-2-6-21-9-12)25-17(22-10)26-16(20)24-11-4-5-13(18)14(19)8-11/h7-8,10-11,15H,5-6,9,12H2,1-4H3,(H4,25,26,27,28,29,30);4-5,7-8,12,21H,2-3,6,9H2,1H3,(H4,20,22,23,24,25,26). The van der Waals surface area contributed by atoms with Crippen molar-refractivity contribution in [1.29, 1.82) is 0 Å². The first-order valence-corrected chi connectivity index (χ1v) is 20.5. The number of rotatable bonds is 8. The zero-order chi connectivity index (χ0) is 42.7. The first-order valence-electron chi connectivity index (χ1n) is 19.0. The van der Waals surface area contributed by atoms with Crippen molar-refractivity contribution in [3.8, 4) is 0 Å². The molecule has 16 nitrogen and oxygen atoms in total. The van der Waals surface area contributed by atoms with Gasteiger partial charge in [0.1, 0.15) is 17.2 Å². The summed E-state index contributed by atoms with van der Waals surface area (Å²) in [5, 5.41) is 17.8. The van der Waals surface area contributed by atoms with Crippen molar-refractivity contribution < 1.29 is 9.53 Å². The molecule has 6 rings (SSSR count). The summed E-state index contributed by atoms with van der Waals surface area (Å²) in [5.74, 6) is 2.13. The van der Waals surface area contributed by atoms with Crippen LogP contribution in [-0.4, -0.2) is 86.7 Å². The number of nitrogens with zero attached hydrogens (tertiary/aromatic N) is 7. The summed E-state index contributed by atoms with van der Waals surface area (Å²) in [4.78, 5) is 40.2. The Labute approximate surface area is 364 Å². The van der Waals surface area contributed by atoms with Gasteiger partial charge in [0.2, 0.25) is 11.9 Å². The van der Waals surface area contributed by atoms with E-state index in [0.717, 1.165) is 56.0 Å². The Morgan fingerprint density at radius 2 is 1.27 bits per heavy atom. The lowest BCUT2D eigenvalue weighted by Gasteiger charge is -2.34. The van der Waals surface area contributed by atoms with Crippen molar-refractivity contribution in [3.63, 3.8) is 0 Å². The molecule has 9 N–H and O–H groups in total. The van der Waals surface area contributed by atoms with E-state index in [0.29, 0.717) is 62.4 Å². The van der Waals surface area contributed by atoms with Crippen LogP contribution in [0.3, 0.4) is 0 Å². The van der Waals surface area contributed by atoms with E-state index in [-0.39, 0.29) is 30.0 Å². The highest BCUT2D eigenvalue weighted by atomic mass is 35.5. The molecule has 2 atom stereocenters. The fourth-order valence-corrected chi connectivity index (χ4v) is 6.65. The van der Waals surface area contributed by atoms with Crippen molar-refractivity contribution in [2.75, 3.05) is 47.4 Å². The summed E-state index contributed by atoms with van der Waals surface area (Å²) in [7, 11) is 0. The minimum Gasteiger partial charge on any atom is -0.444 e. The zero-order valence-corrected chi connectivity index (χ0v) is 36.6. The third kappa shape index (κ3) is 15.0. The molecule has 20 heteroatoms. The lowest BCUT2D eigenvalue weighted by molar-refractivity contribution is 0.0206. The lowest BCUT2D eigenvalue weighted by Crippen LogP contribution is -2.47. The predicted octanol–water partition coefficient (Wildman–Crippen LogP) is 8.28. The summed E-state index contributed by atoms with van der Waals surface area (Å²) in [5.41, 5.74) is 14.3. The van der Waals surface area contributed by atoms with E-state index in [2.05, 4.69) is 56.5 Å². The minimum atomic E-state index is -0.528. The van der Waals surface area contributed by atoms with Crippen molar-refractivity contribution in [1.82, 2.24) is 30.2 Å². The van der Waals surface area contributed by atoms with Gasteiger partial charge >= 0.3 is 6.09 Å². The van der Waals surface area contributed by atoms with Gasteiger partial charge in [-0.05, 0) is 103 Å². The van der Waals surface area contributed by atoms with E-state index in [9.17, 15) is 4.79 Å². The molecule has 4 aromatic rings. The molecular weight excluding hydrogens is 838 g/mol. The number of anilines is 4. The number of hydrogen-bond acceptors (Lipinski definition) is 11. The quantitative estimate of drug-likeness (QED) is 0.0656. The molecule has 316 valence electrons. The number of nitrogens with two attached hydrogens (primary N) is 2. The van der Waals surface area contributed by atoms with Gasteiger partial charge < -0.3 is 47.7 Å². The van der Waals surface area contributed by atoms with E-state index < -0.39 is 5.60 Å². The maximum absolute atomic E-state index is 12.4. The SMILES string of the molecule is Cc1cc(NC2CCCN(C(=O)OC(C)(C)C)C2)nc(N=C(N)Nc2ccc(Cl)c(Cl)c2)n1.Cc1cc(NC2CCCNC2)nc(N=C(N)Nc2ccc(Cl)c(Cl)c2)n1. The molecule has 0 aliphatic carbocycles. The van der Waals surface area contributed by atoms with E-state index >= 15 is 0 Å². The zero-order valence-electron chi connectivity index (χ0n) is 33.5. The fourth-order valence-electron chi connectivity index (χ4n) is 6.05. The second kappa shape index (κ2) is 20.9. The molecule has 2 aromatic heterocycles. The normalized spacial score (nSPS) is 17.3. The third-order valence-corrected chi connectivity index (χ3v) is 10.1. The lowest BCUT2D eigenvalue weighted by atomic mass is 10.1. The van der Waals surface area contributed by atoms with Gasteiger partial charge in [-0.25, -0.2) is 14.8 Å². The second-order valence-corrected chi connectivity index (χ2v) is 16.6. The smallest absolute Gasteiger partial charge is 0.410 e. The summed E-state index contributed by atoms with van der Waals surface area (Å²) in [6, 6.07) is 14.3. The van der Waals surface area contributed by atoms with Crippen LogP contribution in [0.15, 0.2) is 58.5 Å². The summed E-state index contributed by atoms with van der Waals surface area (Å²) in [6.45, 7) is 12.5. The van der Waals surface area contributed by atoms with Gasteiger partial charge in [0, 0.05) is 66.6 Å². The van der Waals surface area contributed by atoms with Crippen LogP contribution in [0.2, 0.25) is 20.1 Å². The van der Waals surface area contributed by atoms with Crippen molar-refractivity contribution >= 4 is 99.3 Å². The summed E-state index contributed by atoms with van der Waals surface area (Å²) in [6.07, 6.45) is 3.72. The van der Waals surface area contributed by atoms with Crippen LogP contribution in [0.25, 0.3) is 0 Å². The topological polar surface area (TPSA) is 218 Å². The molecular formula is C39H50Cl4N14O2. The number of aryl methyl sites for hydroxylation is 2. The van der Waals surface area contributed by atoms with E-state index in [1.807, 2.05) is 46.8 Å². The Kier molecular flexibility index (Phi) is 16.0. The van der Waals surface area contributed by atoms with Gasteiger partial charge in [0.05, 0.1) is 20.1 Å². The maximum atomic E-state index is 12.4. The Hall–Kier alpha value is -4.87. The number of aliphatic imine (C=N–C) groups is 2. The first-order chi connectivity index (χ1) is 28.0. The molecule has 1 amide bonds. The average Bonchev–Trinajstić information content (AvgIpc) is 3.14. The predicted molar refractivity (Wildman–Crippen MR) is 240 cm³/mol. The molecule has 0 bridgehead atoms. The number of ether oxygens (including phenoxy) is 1. The average molecular weight is 889 g/mol. The largest absolute Gasteiger partial charge is 0.444 e. The number of benzene rings is 2. The number of amides is 1. The molecule has 0 spiro atoms. The van der Waals surface area contributed by atoms with Crippen LogP contribution in [0.5, 0.6) is 0 Å². The van der Waals surface area contributed by atoms with Gasteiger partial charge in [-0.1, -0.05) is 46.4 Å². The van der Waals surface area contributed by atoms with Crippen LogP contribution in [-0.2, 0) is 4.74 Å². The molecule has 2 fully saturated rings. The van der Waals surface area contributed by atoms with Crippen LogP contribution < -0.4 is 38.1 Å². The van der Waals surface area contributed by atoms with Crippen molar-refractivity contribution in [2.24, 2.45) is 21.5 Å². The van der Waals surface area contributed by atoms with Crippen LogP contribution in [0.4, 0.5) is 39.7 Å². The number of aromatic nitrogens is 4. The van der Waals surface area contributed by atoms with E-state index in [1.165, 1.54) is 0 Å². The highest BCUT2D eigenvalue weighted by Crippen LogP contribution is 2.27. The van der Waals surface area contributed by atoms with E-state index in [4.69, 9.17) is 62.6 Å². The molecule has 2 aromatic carbocycles. The Morgan fingerprint density at radius 1 is 0.763 bits per heavy atom. The molecule has 59 heavy (non-hydrogen) atoms. The van der Waals surface area contributed by atoms with Gasteiger partial charge in [0.25, 0.3) is 11.9 Å². The second-order valence-electron chi connectivity index (χ2n) is 15.0. The molecule has 0 saturated carbocycles. The number of piperidine rings is 2. The monoisotopic (exact) mass is 886 g/mol. The van der Waals surface area contributed by atoms with Crippen LogP contribution in [0, 0.1) is 13.8 Å². The molecule has 2 unspecified atom stereocenters. The first kappa shape index (κ1) is 45.2. The maximum Gasteiger partial charge on any atom is 0.410 e. The van der Waals surface area contributed by atoms with Gasteiger partial charge in [-0.2, -0.15) is 20.0 Å². The number of nitrogens with one attached hydrogen (secondary N) is 5. The van der Waals surface area contributed by atoms with Gasteiger partial charge in [-0.3, -0.25) is 0 Å². The molecule has 4 heterocycles. The number of halogens is 4. The number of carbonyl (C=O) groups is 1. The Bertz CT molecular complexity index is 2140. The number of carbonyl (C=O) groups excluding carboxylic acids is 1. The Balaban J connectivity index is 0.000000230. The van der Waals surface area contributed by atoms with Crippen molar-refractivity contribution in [2.45, 2.75) is 78.0 Å². The summed E-state index contributed by atoms with van der Waals surface area (Å²) < 4.78 is 5.50. The molecule has 0 radical (unpaired) electrons. The van der Waals surface area contributed by atoms with E-state index in [1.54, 1.807) is 41.3 Å². The number of likely N-dealkylation sites (tertiary alicyclic amines) is 1. The van der Waals surface area contributed by atoms with Gasteiger partial charge in [-0.15, -0.1) is 0 Å². The molecule has 2 aliphatic heterocycles. The van der Waals surface area contributed by atoms with Crippen molar-refractivity contribution in [3.05, 3.63) is 80.0 Å². The summed E-state index contributed by atoms with van der Waals surface area (Å²) >= 11 is 23.9. The number of hydrogen-bond donors (Lipinski definition) is 7. The van der Waals surface area contributed by atoms with Crippen LogP contribution in [0.1, 0.15) is 57.8 Å².